The SMILES string of the molecule is CS(=O)(=O)c1cccc(Cl)c1CNCc1ccon1. The van der Waals surface area contributed by atoms with Gasteiger partial charge in [0.15, 0.2) is 9.84 Å². The van der Waals surface area contributed by atoms with Crippen molar-refractivity contribution in [2.75, 3.05) is 6.26 Å². The highest BCUT2D eigenvalue weighted by atomic mass is 35.5. The van der Waals surface area contributed by atoms with E-state index in [0.717, 1.165) is 5.69 Å². The van der Waals surface area contributed by atoms with Crippen LogP contribution in [-0.4, -0.2) is 19.8 Å². The number of hydrogen-bond donors (Lipinski definition) is 1. The first kappa shape index (κ1) is 14.0. The summed E-state index contributed by atoms with van der Waals surface area (Å²) in [6.07, 6.45) is 2.65. The van der Waals surface area contributed by atoms with Crippen molar-refractivity contribution in [3.8, 4) is 0 Å². The summed E-state index contributed by atoms with van der Waals surface area (Å²) in [5.74, 6) is 0. The minimum Gasteiger partial charge on any atom is -0.364 e. The van der Waals surface area contributed by atoms with Crippen LogP contribution in [0.4, 0.5) is 0 Å². The molecule has 0 amide bonds. The van der Waals surface area contributed by atoms with Gasteiger partial charge in [-0.15, -0.1) is 0 Å². The summed E-state index contributed by atoms with van der Waals surface area (Å²) < 4.78 is 28.1. The van der Waals surface area contributed by atoms with Crippen LogP contribution in [0.2, 0.25) is 5.02 Å². The van der Waals surface area contributed by atoms with Crippen molar-refractivity contribution in [3.63, 3.8) is 0 Å². The van der Waals surface area contributed by atoms with Gasteiger partial charge in [-0.1, -0.05) is 22.8 Å². The van der Waals surface area contributed by atoms with Gasteiger partial charge in [0.2, 0.25) is 0 Å². The summed E-state index contributed by atoms with van der Waals surface area (Å²) in [6, 6.07) is 6.58. The van der Waals surface area contributed by atoms with Crippen molar-refractivity contribution >= 4 is 21.4 Å². The third-order valence-corrected chi connectivity index (χ3v) is 4.11. The standard InChI is InChI=1S/C12H13ClN2O3S/c1-19(16,17)12-4-2-3-11(13)10(12)8-14-7-9-5-6-18-15-9/h2-6,14H,7-8H2,1H3. The number of benzene rings is 1. The number of rotatable bonds is 5. The smallest absolute Gasteiger partial charge is 0.175 e. The van der Waals surface area contributed by atoms with Gasteiger partial charge in [-0.2, -0.15) is 0 Å². The average molecular weight is 301 g/mol. The van der Waals surface area contributed by atoms with Crippen LogP contribution < -0.4 is 5.32 Å². The van der Waals surface area contributed by atoms with Crippen LogP contribution in [0.25, 0.3) is 0 Å². The van der Waals surface area contributed by atoms with E-state index in [2.05, 4.69) is 10.5 Å². The summed E-state index contributed by atoms with van der Waals surface area (Å²) >= 11 is 6.06. The first-order valence-electron chi connectivity index (χ1n) is 5.56. The van der Waals surface area contributed by atoms with Crippen molar-refractivity contribution in [3.05, 3.63) is 46.8 Å². The summed E-state index contributed by atoms with van der Waals surface area (Å²) in [6.45, 7) is 0.819. The Balaban J connectivity index is 2.15. The van der Waals surface area contributed by atoms with Crippen LogP contribution in [0.5, 0.6) is 0 Å². The second-order valence-electron chi connectivity index (χ2n) is 4.08. The molecular weight excluding hydrogens is 288 g/mol. The summed E-state index contributed by atoms with van der Waals surface area (Å²) in [7, 11) is -3.30. The maximum atomic E-state index is 11.7. The minimum atomic E-state index is -3.30. The molecule has 5 nitrogen and oxygen atoms in total. The maximum absolute atomic E-state index is 11.7. The molecule has 1 aromatic heterocycles. The predicted octanol–water partition coefficient (Wildman–Crippen LogP) is 2.02. The van der Waals surface area contributed by atoms with Crippen molar-refractivity contribution in [1.82, 2.24) is 10.5 Å². The van der Waals surface area contributed by atoms with Gasteiger partial charge in [0.05, 0.1) is 10.6 Å². The number of aromatic nitrogens is 1. The molecule has 1 aromatic carbocycles. The summed E-state index contributed by atoms with van der Waals surface area (Å²) in [5.41, 5.74) is 1.31. The molecule has 0 aliphatic rings. The molecule has 0 fully saturated rings. The van der Waals surface area contributed by atoms with Gasteiger partial charge in [-0.25, -0.2) is 8.42 Å². The molecule has 0 saturated heterocycles. The van der Waals surface area contributed by atoms with Gasteiger partial charge >= 0.3 is 0 Å². The fourth-order valence-electron chi connectivity index (χ4n) is 1.70. The highest BCUT2D eigenvalue weighted by Gasteiger charge is 2.15. The van der Waals surface area contributed by atoms with E-state index < -0.39 is 9.84 Å². The zero-order chi connectivity index (χ0) is 13.9. The zero-order valence-corrected chi connectivity index (χ0v) is 11.8. The number of sulfone groups is 1. The lowest BCUT2D eigenvalue weighted by Gasteiger charge is -2.10. The van der Waals surface area contributed by atoms with Crippen LogP contribution in [-0.2, 0) is 22.9 Å². The van der Waals surface area contributed by atoms with Crippen LogP contribution in [0, 0.1) is 0 Å². The summed E-state index contributed by atoms with van der Waals surface area (Å²) in [5, 5.41) is 7.26. The molecule has 0 unspecified atom stereocenters. The topological polar surface area (TPSA) is 72.2 Å². The fraction of sp³-hybridized carbons (Fsp3) is 0.250. The second kappa shape index (κ2) is 5.73. The van der Waals surface area contributed by atoms with E-state index in [0.29, 0.717) is 23.7 Å². The van der Waals surface area contributed by atoms with Gasteiger partial charge in [0, 0.05) is 36.0 Å². The van der Waals surface area contributed by atoms with E-state index in [1.807, 2.05) is 0 Å². The van der Waals surface area contributed by atoms with Crippen LogP contribution in [0.1, 0.15) is 11.3 Å². The van der Waals surface area contributed by atoms with E-state index in [4.69, 9.17) is 16.1 Å². The lowest BCUT2D eigenvalue weighted by Crippen LogP contribution is -2.15. The zero-order valence-electron chi connectivity index (χ0n) is 10.3. The van der Waals surface area contributed by atoms with Gasteiger partial charge in [-0.3, -0.25) is 0 Å². The van der Waals surface area contributed by atoms with Crippen LogP contribution in [0.3, 0.4) is 0 Å². The molecule has 1 heterocycles. The Morgan fingerprint density at radius 1 is 1.32 bits per heavy atom. The Morgan fingerprint density at radius 2 is 2.11 bits per heavy atom. The van der Waals surface area contributed by atoms with Crippen molar-refractivity contribution < 1.29 is 12.9 Å². The van der Waals surface area contributed by atoms with Gasteiger partial charge in [0.1, 0.15) is 6.26 Å². The van der Waals surface area contributed by atoms with Gasteiger partial charge < -0.3 is 9.84 Å². The van der Waals surface area contributed by atoms with Crippen LogP contribution in [0.15, 0.2) is 39.9 Å². The molecule has 102 valence electrons. The molecule has 0 aliphatic heterocycles. The molecule has 1 N–H and O–H groups in total. The van der Waals surface area contributed by atoms with E-state index in [1.54, 1.807) is 24.3 Å². The molecule has 2 rings (SSSR count). The Morgan fingerprint density at radius 3 is 2.74 bits per heavy atom. The molecular formula is C12H13ClN2O3S. The Bertz CT molecular complexity index is 654. The molecule has 2 aromatic rings. The normalized spacial score (nSPS) is 11.7. The van der Waals surface area contributed by atoms with Crippen LogP contribution >= 0.6 is 11.6 Å². The van der Waals surface area contributed by atoms with E-state index in [1.165, 1.54) is 12.5 Å². The molecule has 0 aliphatic carbocycles. The molecule has 0 bridgehead atoms. The number of hydrogen-bond acceptors (Lipinski definition) is 5. The number of nitrogens with one attached hydrogen (secondary N) is 1. The predicted molar refractivity (Wildman–Crippen MR) is 71.6 cm³/mol. The molecule has 0 saturated carbocycles. The Kier molecular flexibility index (Phi) is 4.24. The number of nitrogens with zero attached hydrogens (tertiary/aromatic N) is 1. The van der Waals surface area contributed by atoms with Crippen molar-refractivity contribution in [2.24, 2.45) is 0 Å². The Hall–Kier alpha value is -1.37. The highest BCUT2D eigenvalue weighted by Crippen LogP contribution is 2.23. The van der Waals surface area contributed by atoms with Gasteiger partial charge in [0.25, 0.3) is 0 Å². The first-order valence-corrected chi connectivity index (χ1v) is 7.83. The quantitative estimate of drug-likeness (QED) is 0.914. The fourth-order valence-corrected chi connectivity index (χ4v) is 2.95. The van der Waals surface area contributed by atoms with Crippen molar-refractivity contribution in [2.45, 2.75) is 18.0 Å². The lowest BCUT2D eigenvalue weighted by atomic mass is 10.2. The molecule has 0 radical (unpaired) electrons. The average Bonchev–Trinajstić information content (AvgIpc) is 2.82. The largest absolute Gasteiger partial charge is 0.364 e. The summed E-state index contributed by atoms with van der Waals surface area (Å²) in [4.78, 5) is 0.243. The van der Waals surface area contributed by atoms with E-state index >= 15 is 0 Å². The molecule has 7 heteroatoms. The maximum Gasteiger partial charge on any atom is 0.175 e. The van der Waals surface area contributed by atoms with E-state index in [-0.39, 0.29) is 4.90 Å². The second-order valence-corrected chi connectivity index (χ2v) is 6.47. The number of halogens is 1. The lowest BCUT2D eigenvalue weighted by molar-refractivity contribution is 0.408. The molecule has 0 spiro atoms. The van der Waals surface area contributed by atoms with Crippen molar-refractivity contribution in [1.29, 1.82) is 0 Å². The minimum absolute atomic E-state index is 0.243. The van der Waals surface area contributed by atoms with Gasteiger partial charge in [-0.05, 0) is 12.1 Å². The Labute approximate surface area is 116 Å². The molecule has 0 atom stereocenters. The molecule has 19 heavy (non-hydrogen) atoms. The highest BCUT2D eigenvalue weighted by molar-refractivity contribution is 7.90. The van der Waals surface area contributed by atoms with E-state index in [9.17, 15) is 8.42 Å². The third-order valence-electron chi connectivity index (χ3n) is 2.57. The first-order chi connectivity index (χ1) is 8.98. The monoisotopic (exact) mass is 300 g/mol. The third kappa shape index (κ3) is 3.56.